The van der Waals surface area contributed by atoms with E-state index >= 15 is 0 Å². The first-order chi connectivity index (χ1) is 13.1. The van der Waals surface area contributed by atoms with Crippen LogP contribution in [-0.4, -0.2) is 45.9 Å². The highest BCUT2D eigenvalue weighted by molar-refractivity contribution is 5.96. The van der Waals surface area contributed by atoms with Gasteiger partial charge >= 0.3 is 0 Å². The summed E-state index contributed by atoms with van der Waals surface area (Å²) < 4.78 is 2.20. The number of benzene rings is 1. The molecule has 1 fully saturated rings. The van der Waals surface area contributed by atoms with Crippen molar-refractivity contribution in [3.63, 3.8) is 0 Å². The maximum atomic E-state index is 13.1. The lowest BCUT2D eigenvalue weighted by Gasteiger charge is -2.16. The quantitative estimate of drug-likeness (QED) is 0.885. The molecule has 1 aliphatic heterocycles. The molecule has 1 aliphatic carbocycles. The van der Waals surface area contributed by atoms with Gasteiger partial charge in [-0.1, -0.05) is 36.8 Å². The predicted octanol–water partition coefficient (Wildman–Crippen LogP) is 2.63. The molecule has 2 aliphatic rings. The van der Waals surface area contributed by atoms with E-state index in [9.17, 15) is 9.59 Å². The van der Waals surface area contributed by atoms with E-state index in [0.717, 1.165) is 62.2 Å². The third-order valence-electron chi connectivity index (χ3n) is 5.27. The Morgan fingerprint density at radius 3 is 2.70 bits per heavy atom. The Bertz CT molecular complexity index is 839. The third kappa shape index (κ3) is 3.89. The average molecular weight is 366 g/mol. The minimum atomic E-state index is -0.172. The number of likely N-dealkylation sites (N-methyl/N-ethyl adjacent to an activating group) is 1. The van der Waals surface area contributed by atoms with Gasteiger partial charge in [-0.2, -0.15) is 0 Å². The fraction of sp³-hybridized carbons (Fsp3) is 0.476. The molecule has 27 heavy (non-hydrogen) atoms. The standard InChI is InChI=1S/C21H26N4O2/c1-24(14-18(26)22-16-11-12-16)21(27)19-17-10-6-3-7-13-25(17)20(23-19)15-8-4-2-5-9-15/h2,4-5,8-9,16H,3,6-7,10-14H2,1H3,(H,22,26). The number of nitrogens with zero attached hydrogens (tertiary/aromatic N) is 3. The Morgan fingerprint density at radius 2 is 1.96 bits per heavy atom. The molecular formula is C21H26N4O2. The first kappa shape index (κ1) is 17.8. The molecule has 6 heteroatoms. The van der Waals surface area contributed by atoms with Crippen LogP contribution in [0, 0.1) is 0 Å². The SMILES string of the molecule is CN(CC(=O)NC1CC1)C(=O)c1nc(-c2ccccc2)n2c1CCCCC2. The van der Waals surface area contributed by atoms with Gasteiger partial charge in [-0.25, -0.2) is 4.98 Å². The van der Waals surface area contributed by atoms with Crippen LogP contribution in [0.1, 0.15) is 48.3 Å². The van der Waals surface area contributed by atoms with E-state index in [-0.39, 0.29) is 18.4 Å². The van der Waals surface area contributed by atoms with E-state index in [1.807, 2.05) is 30.3 Å². The summed E-state index contributed by atoms with van der Waals surface area (Å²) in [5.41, 5.74) is 2.53. The zero-order valence-corrected chi connectivity index (χ0v) is 15.8. The van der Waals surface area contributed by atoms with Gasteiger partial charge in [0.1, 0.15) is 11.5 Å². The summed E-state index contributed by atoms with van der Waals surface area (Å²) in [4.78, 5) is 31.4. The van der Waals surface area contributed by atoms with Crippen molar-refractivity contribution in [3.8, 4) is 11.4 Å². The highest BCUT2D eigenvalue weighted by Crippen LogP contribution is 2.27. The maximum absolute atomic E-state index is 13.1. The van der Waals surface area contributed by atoms with Gasteiger partial charge < -0.3 is 14.8 Å². The Morgan fingerprint density at radius 1 is 1.19 bits per heavy atom. The monoisotopic (exact) mass is 366 g/mol. The summed E-state index contributed by atoms with van der Waals surface area (Å²) in [6.45, 7) is 0.952. The molecular weight excluding hydrogens is 340 g/mol. The molecule has 0 spiro atoms. The van der Waals surface area contributed by atoms with Crippen LogP contribution in [0.3, 0.4) is 0 Å². The molecule has 142 valence electrons. The number of nitrogens with one attached hydrogen (secondary N) is 1. The van der Waals surface area contributed by atoms with Gasteiger partial charge in [-0.15, -0.1) is 0 Å². The van der Waals surface area contributed by atoms with E-state index in [2.05, 4.69) is 9.88 Å². The molecule has 2 aromatic rings. The second kappa shape index (κ2) is 7.55. The second-order valence-electron chi connectivity index (χ2n) is 7.56. The van der Waals surface area contributed by atoms with Crippen LogP contribution >= 0.6 is 0 Å². The van der Waals surface area contributed by atoms with Crippen LogP contribution in [0.2, 0.25) is 0 Å². The summed E-state index contributed by atoms with van der Waals surface area (Å²) in [5, 5.41) is 2.94. The molecule has 1 aromatic carbocycles. The average Bonchev–Trinajstić information content (AvgIpc) is 3.45. The largest absolute Gasteiger partial charge is 0.352 e. The Hall–Kier alpha value is -2.63. The van der Waals surface area contributed by atoms with Crippen molar-refractivity contribution in [2.45, 2.75) is 51.1 Å². The van der Waals surface area contributed by atoms with Crippen LogP contribution in [0.25, 0.3) is 11.4 Å². The highest BCUT2D eigenvalue weighted by atomic mass is 16.2. The molecule has 0 radical (unpaired) electrons. The number of amides is 2. The van der Waals surface area contributed by atoms with E-state index in [1.54, 1.807) is 7.05 Å². The number of hydrogen-bond acceptors (Lipinski definition) is 3. The number of hydrogen-bond donors (Lipinski definition) is 1. The Kier molecular flexibility index (Phi) is 4.97. The van der Waals surface area contributed by atoms with Gasteiger partial charge in [0.2, 0.25) is 5.91 Å². The molecule has 0 unspecified atom stereocenters. The van der Waals surface area contributed by atoms with Gasteiger partial charge in [0.05, 0.1) is 12.2 Å². The van der Waals surface area contributed by atoms with Crippen LogP contribution in [0.15, 0.2) is 30.3 Å². The van der Waals surface area contributed by atoms with Crippen molar-refractivity contribution in [1.82, 2.24) is 19.8 Å². The summed E-state index contributed by atoms with van der Waals surface area (Å²) in [6.07, 6.45) is 6.24. The maximum Gasteiger partial charge on any atom is 0.274 e. The molecule has 4 rings (SSSR count). The number of rotatable bonds is 5. The smallest absolute Gasteiger partial charge is 0.274 e. The third-order valence-corrected chi connectivity index (χ3v) is 5.27. The lowest BCUT2D eigenvalue weighted by Crippen LogP contribution is -2.39. The van der Waals surface area contributed by atoms with E-state index in [1.165, 1.54) is 4.90 Å². The summed E-state index contributed by atoms with van der Waals surface area (Å²) in [6, 6.07) is 10.3. The van der Waals surface area contributed by atoms with Crippen LogP contribution in [0.5, 0.6) is 0 Å². The summed E-state index contributed by atoms with van der Waals surface area (Å²) >= 11 is 0. The number of carbonyl (C=O) groups excluding carboxylic acids is 2. The van der Waals surface area contributed by atoms with Crippen molar-refractivity contribution in [3.05, 3.63) is 41.7 Å². The fourth-order valence-corrected chi connectivity index (χ4v) is 3.67. The molecule has 2 heterocycles. The Labute approximate surface area is 159 Å². The van der Waals surface area contributed by atoms with Crippen molar-refractivity contribution in [2.24, 2.45) is 0 Å². The minimum Gasteiger partial charge on any atom is -0.352 e. The molecule has 1 N–H and O–H groups in total. The lowest BCUT2D eigenvalue weighted by molar-refractivity contribution is -0.121. The first-order valence-corrected chi connectivity index (χ1v) is 9.83. The second-order valence-corrected chi connectivity index (χ2v) is 7.56. The molecule has 1 saturated carbocycles. The zero-order chi connectivity index (χ0) is 18.8. The van der Waals surface area contributed by atoms with Gasteiger partial charge in [0, 0.05) is 25.2 Å². The van der Waals surface area contributed by atoms with Crippen molar-refractivity contribution in [1.29, 1.82) is 0 Å². The van der Waals surface area contributed by atoms with Crippen LogP contribution in [-0.2, 0) is 17.8 Å². The fourth-order valence-electron chi connectivity index (χ4n) is 3.67. The zero-order valence-electron chi connectivity index (χ0n) is 15.8. The van der Waals surface area contributed by atoms with Crippen molar-refractivity contribution in [2.75, 3.05) is 13.6 Å². The predicted molar refractivity (Wildman–Crippen MR) is 103 cm³/mol. The van der Waals surface area contributed by atoms with Crippen molar-refractivity contribution >= 4 is 11.8 Å². The highest BCUT2D eigenvalue weighted by Gasteiger charge is 2.28. The number of carbonyl (C=O) groups is 2. The number of imidazole rings is 1. The van der Waals surface area contributed by atoms with Gasteiger partial charge in [0.15, 0.2) is 0 Å². The number of aromatic nitrogens is 2. The first-order valence-electron chi connectivity index (χ1n) is 9.83. The Balaban J connectivity index is 1.62. The minimum absolute atomic E-state index is 0.0717. The van der Waals surface area contributed by atoms with E-state index in [0.29, 0.717) is 11.7 Å². The van der Waals surface area contributed by atoms with E-state index < -0.39 is 0 Å². The summed E-state index contributed by atoms with van der Waals surface area (Å²) in [7, 11) is 1.68. The molecule has 0 bridgehead atoms. The van der Waals surface area contributed by atoms with Crippen LogP contribution in [0.4, 0.5) is 0 Å². The molecule has 0 atom stereocenters. The molecule has 0 saturated heterocycles. The van der Waals surface area contributed by atoms with Gasteiger partial charge in [-0.3, -0.25) is 9.59 Å². The van der Waals surface area contributed by atoms with Gasteiger partial charge in [-0.05, 0) is 32.1 Å². The molecule has 1 aromatic heterocycles. The lowest BCUT2D eigenvalue weighted by atomic mass is 10.1. The molecule has 6 nitrogen and oxygen atoms in total. The van der Waals surface area contributed by atoms with E-state index in [4.69, 9.17) is 4.98 Å². The van der Waals surface area contributed by atoms with Crippen molar-refractivity contribution < 1.29 is 9.59 Å². The normalized spacial score (nSPS) is 16.3. The molecule has 2 amide bonds. The van der Waals surface area contributed by atoms with Gasteiger partial charge in [0.25, 0.3) is 5.91 Å². The van der Waals surface area contributed by atoms with Crippen LogP contribution < -0.4 is 5.32 Å². The number of fused-ring (bicyclic) bond motifs is 1. The summed E-state index contributed by atoms with van der Waals surface area (Å²) in [5.74, 6) is 0.586. The topological polar surface area (TPSA) is 67.2 Å².